The summed E-state index contributed by atoms with van der Waals surface area (Å²) >= 11 is 0. The molecule has 1 aliphatic rings. The van der Waals surface area contributed by atoms with E-state index < -0.39 is 0 Å². The van der Waals surface area contributed by atoms with Gasteiger partial charge in [0.05, 0.1) is 20.1 Å². The summed E-state index contributed by atoms with van der Waals surface area (Å²) in [5.41, 5.74) is 2.25. The van der Waals surface area contributed by atoms with Crippen molar-refractivity contribution in [2.75, 3.05) is 20.8 Å². The molecule has 0 saturated heterocycles. The van der Waals surface area contributed by atoms with Gasteiger partial charge in [-0.2, -0.15) is 0 Å². The lowest BCUT2D eigenvalue weighted by atomic mass is 9.89. The third-order valence-electron chi connectivity index (χ3n) is 3.61. The number of fused-ring (bicyclic) bond motifs is 1. The van der Waals surface area contributed by atoms with Crippen LogP contribution < -0.4 is 14.8 Å². The van der Waals surface area contributed by atoms with Gasteiger partial charge in [-0.25, -0.2) is 0 Å². The molecule has 0 spiro atoms. The fraction of sp³-hybridized carbons (Fsp3) is 0.533. The van der Waals surface area contributed by atoms with Crippen LogP contribution in [-0.2, 0) is 11.2 Å². The monoisotopic (exact) mass is 263 g/mol. The van der Waals surface area contributed by atoms with Crippen LogP contribution in [0.2, 0.25) is 0 Å². The third-order valence-corrected chi connectivity index (χ3v) is 3.61. The largest absolute Gasteiger partial charge is 0.493 e. The highest BCUT2D eigenvalue weighted by Gasteiger charge is 2.26. The van der Waals surface area contributed by atoms with Gasteiger partial charge in [-0.05, 0) is 36.1 Å². The van der Waals surface area contributed by atoms with E-state index in [2.05, 4.69) is 12.2 Å². The zero-order valence-electron chi connectivity index (χ0n) is 11.8. The van der Waals surface area contributed by atoms with Gasteiger partial charge in [-0.15, -0.1) is 0 Å². The quantitative estimate of drug-likeness (QED) is 0.906. The van der Waals surface area contributed by atoms with Crippen LogP contribution in [0.3, 0.4) is 0 Å². The first-order chi connectivity index (χ1) is 9.21. The van der Waals surface area contributed by atoms with Gasteiger partial charge in [-0.1, -0.05) is 13.3 Å². The molecule has 104 valence electrons. The number of rotatable bonds is 4. The average molecular weight is 263 g/mol. The van der Waals surface area contributed by atoms with Gasteiger partial charge in [0, 0.05) is 6.54 Å². The molecule has 0 aliphatic carbocycles. The van der Waals surface area contributed by atoms with Gasteiger partial charge >= 0.3 is 0 Å². The van der Waals surface area contributed by atoms with Crippen LogP contribution in [0, 0.1) is 0 Å². The number of hydrogen-bond acceptors (Lipinski definition) is 3. The van der Waals surface area contributed by atoms with Crippen molar-refractivity contribution in [3.63, 3.8) is 0 Å². The van der Waals surface area contributed by atoms with Gasteiger partial charge in [0.2, 0.25) is 5.91 Å². The van der Waals surface area contributed by atoms with Crippen LogP contribution in [0.15, 0.2) is 12.1 Å². The highest BCUT2D eigenvalue weighted by atomic mass is 16.5. The Hall–Kier alpha value is -1.71. The maximum absolute atomic E-state index is 12.1. The molecule has 0 aromatic heterocycles. The van der Waals surface area contributed by atoms with Crippen LogP contribution >= 0.6 is 0 Å². The lowest BCUT2D eigenvalue weighted by Gasteiger charge is -2.18. The fourth-order valence-electron chi connectivity index (χ4n) is 2.64. The average Bonchev–Trinajstić information content (AvgIpc) is 2.57. The van der Waals surface area contributed by atoms with Crippen LogP contribution in [0.25, 0.3) is 0 Å². The summed E-state index contributed by atoms with van der Waals surface area (Å²) < 4.78 is 10.7. The van der Waals surface area contributed by atoms with Gasteiger partial charge < -0.3 is 14.8 Å². The highest BCUT2D eigenvalue weighted by Crippen LogP contribution is 2.36. The smallest absolute Gasteiger partial charge is 0.227 e. The summed E-state index contributed by atoms with van der Waals surface area (Å²) in [5, 5.41) is 2.98. The number of carbonyl (C=O) groups is 1. The standard InChI is InChI=1S/C15H21NO3/c1-4-5-11-12-9-14(19-3)13(18-2)8-10(12)6-7-16-15(11)17/h8-9,11H,4-7H2,1-3H3,(H,16,17). The molecule has 1 atom stereocenters. The summed E-state index contributed by atoms with van der Waals surface area (Å²) in [7, 11) is 3.25. The molecule has 2 rings (SSSR count). The van der Waals surface area contributed by atoms with Crippen molar-refractivity contribution in [1.29, 1.82) is 0 Å². The molecule has 1 heterocycles. The summed E-state index contributed by atoms with van der Waals surface area (Å²) in [6, 6.07) is 3.95. The van der Waals surface area contributed by atoms with Crippen LogP contribution in [0.5, 0.6) is 11.5 Å². The number of benzene rings is 1. The molecule has 1 unspecified atom stereocenters. The third kappa shape index (κ3) is 2.67. The maximum atomic E-state index is 12.1. The first-order valence-electron chi connectivity index (χ1n) is 6.73. The molecular weight excluding hydrogens is 242 g/mol. The van der Waals surface area contributed by atoms with Crippen molar-refractivity contribution in [1.82, 2.24) is 5.32 Å². The minimum Gasteiger partial charge on any atom is -0.493 e. The van der Waals surface area contributed by atoms with Crippen molar-refractivity contribution < 1.29 is 14.3 Å². The Labute approximate surface area is 114 Å². The van der Waals surface area contributed by atoms with E-state index in [0.717, 1.165) is 30.6 Å². The molecule has 1 aliphatic heterocycles. The normalized spacial score (nSPS) is 18.3. The Bertz CT molecular complexity index is 471. The molecule has 19 heavy (non-hydrogen) atoms. The second-order valence-electron chi connectivity index (χ2n) is 4.79. The predicted octanol–water partition coefficient (Wildman–Crippen LogP) is 2.26. The number of carbonyl (C=O) groups excluding carboxylic acids is 1. The van der Waals surface area contributed by atoms with Crippen LogP contribution in [-0.4, -0.2) is 26.7 Å². The highest BCUT2D eigenvalue weighted by molar-refractivity contribution is 5.85. The maximum Gasteiger partial charge on any atom is 0.227 e. The van der Waals surface area contributed by atoms with Gasteiger partial charge in [0.25, 0.3) is 0 Å². The minimum atomic E-state index is -0.0812. The molecule has 1 aromatic carbocycles. The Morgan fingerprint density at radius 3 is 2.58 bits per heavy atom. The van der Waals surface area contributed by atoms with Crippen molar-refractivity contribution in [3.8, 4) is 11.5 Å². The molecular formula is C15H21NO3. The number of methoxy groups -OCH3 is 2. The lowest BCUT2D eigenvalue weighted by molar-refractivity contribution is -0.122. The van der Waals surface area contributed by atoms with E-state index in [-0.39, 0.29) is 11.8 Å². The SMILES string of the molecule is CCCC1C(=O)NCCc2cc(OC)c(OC)cc21. The first-order valence-corrected chi connectivity index (χ1v) is 6.73. The molecule has 4 nitrogen and oxygen atoms in total. The Kier molecular flexibility index (Phi) is 4.30. The van der Waals surface area contributed by atoms with E-state index in [1.807, 2.05) is 12.1 Å². The molecule has 0 radical (unpaired) electrons. The molecule has 4 heteroatoms. The van der Waals surface area contributed by atoms with E-state index in [1.54, 1.807) is 14.2 Å². The molecule has 0 saturated carbocycles. The summed E-state index contributed by atoms with van der Waals surface area (Å²) in [6.07, 6.45) is 2.67. The second kappa shape index (κ2) is 5.95. The summed E-state index contributed by atoms with van der Waals surface area (Å²) in [5.74, 6) is 1.46. The van der Waals surface area contributed by atoms with Crippen molar-refractivity contribution in [2.45, 2.75) is 32.1 Å². The number of amides is 1. The van der Waals surface area contributed by atoms with Crippen LogP contribution in [0.4, 0.5) is 0 Å². The van der Waals surface area contributed by atoms with E-state index in [9.17, 15) is 4.79 Å². The molecule has 0 bridgehead atoms. The minimum absolute atomic E-state index is 0.0812. The molecule has 1 aromatic rings. The van der Waals surface area contributed by atoms with Crippen molar-refractivity contribution in [2.24, 2.45) is 0 Å². The second-order valence-corrected chi connectivity index (χ2v) is 4.79. The molecule has 1 amide bonds. The molecule has 1 N–H and O–H groups in total. The summed E-state index contributed by atoms with van der Waals surface area (Å²) in [4.78, 5) is 12.1. The number of nitrogens with one attached hydrogen (secondary N) is 1. The zero-order chi connectivity index (χ0) is 13.8. The van der Waals surface area contributed by atoms with Crippen LogP contribution in [0.1, 0.15) is 36.8 Å². The van der Waals surface area contributed by atoms with Gasteiger partial charge in [-0.3, -0.25) is 4.79 Å². The van der Waals surface area contributed by atoms with Crippen molar-refractivity contribution in [3.05, 3.63) is 23.3 Å². The topological polar surface area (TPSA) is 47.6 Å². The molecule has 0 fully saturated rings. The van der Waals surface area contributed by atoms with Gasteiger partial charge in [0.1, 0.15) is 0 Å². The van der Waals surface area contributed by atoms with Crippen molar-refractivity contribution >= 4 is 5.91 Å². The Balaban J connectivity index is 2.50. The van der Waals surface area contributed by atoms with E-state index in [4.69, 9.17) is 9.47 Å². The summed E-state index contributed by atoms with van der Waals surface area (Å²) in [6.45, 7) is 2.78. The Morgan fingerprint density at radius 2 is 1.95 bits per heavy atom. The van der Waals surface area contributed by atoms with E-state index >= 15 is 0 Å². The van der Waals surface area contributed by atoms with E-state index in [0.29, 0.717) is 12.3 Å². The number of ether oxygens (including phenoxy) is 2. The Morgan fingerprint density at radius 1 is 1.26 bits per heavy atom. The fourth-order valence-corrected chi connectivity index (χ4v) is 2.64. The van der Waals surface area contributed by atoms with Gasteiger partial charge in [0.15, 0.2) is 11.5 Å². The van der Waals surface area contributed by atoms with E-state index in [1.165, 1.54) is 5.56 Å². The lowest BCUT2D eigenvalue weighted by Crippen LogP contribution is -2.28. The predicted molar refractivity (Wildman–Crippen MR) is 73.9 cm³/mol. The number of hydrogen-bond donors (Lipinski definition) is 1. The first kappa shape index (κ1) is 13.7. The zero-order valence-corrected chi connectivity index (χ0v) is 11.8.